The zero-order valence-electron chi connectivity index (χ0n) is 14.1. The lowest BCUT2D eigenvalue weighted by atomic mass is 10.1. The number of nitrogens with two attached hydrogens (primary N) is 1. The van der Waals surface area contributed by atoms with E-state index < -0.39 is 35.1 Å². The number of para-hydroxylation sites is 1. The van der Waals surface area contributed by atoms with Crippen LogP contribution >= 0.6 is 11.3 Å². The van der Waals surface area contributed by atoms with Crippen molar-refractivity contribution in [2.75, 3.05) is 4.90 Å². The fraction of sp³-hybridized carbons (Fsp3) is 0.235. The molecule has 3 N–H and O–H groups in total. The Morgan fingerprint density at radius 2 is 2.11 bits per heavy atom. The van der Waals surface area contributed by atoms with Crippen molar-refractivity contribution in [2.24, 2.45) is 5.73 Å². The minimum absolute atomic E-state index is 0.167. The molecule has 1 atom stereocenters. The molecule has 1 amide bonds. The Hall–Kier alpha value is -2.72. The number of amides is 1. The summed E-state index contributed by atoms with van der Waals surface area (Å²) in [4.78, 5) is 22.0. The quantitative estimate of drug-likeness (QED) is 0.655. The maximum Gasteiger partial charge on any atom is 0.418 e. The second kappa shape index (κ2) is 7.12. The van der Waals surface area contributed by atoms with Gasteiger partial charge in [0.05, 0.1) is 17.2 Å². The summed E-state index contributed by atoms with van der Waals surface area (Å²) in [5, 5.41) is 12.3. The van der Waals surface area contributed by atoms with Crippen LogP contribution in [0.2, 0.25) is 0 Å². The maximum absolute atomic E-state index is 13.2. The molecule has 0 radical (unpaired) electrons. The molecule has 0 aliphatic carbocycles. The third kappa shape index (κ3) is 3.45. The van der Waals surface area contributed by atoms with Gasteiger partial charge in [-0.2, -0.15) is 13.2 Å². The molecule has 0 fully saturated rings. The molecule has 0 spiro atoms. The van der Waals surface area contributed by atoms with Gasteiger partial charge in [-0.3, -0.25) is 14.7 Å². The van der Waals surface area contributed by atoms with Gasteiger partial charge in [0.15, 0.2) is 5.13 Å². The standard InChI is InChI=1S/C17H15F3N4O2S/c1-2-12(21)24(16-22-6-7-27-16)15(26)10-8-23-13-9(14(10)25)4-3-5-11(13)17(18,19)20/h3-8,12H,2,21H2,1H3,(H,23,25). The Bertz CT molecular complexity index is 976. The zero-order chi connectivity index (χ0) is 19.8. The van der Waals surface area contributed by atoms with Gasteiger partial charge in [0.25, 0.3) is 5.91 Å². The summed E-state index contributed by atoms with van der Waals surface area (Å²) in [5.74, 6) is -1.27. The molecule has 27 heavy (non-hydrogen) atoms. The van der Waals surface area contributed by atoms with Gasteiger partial charge in [-0.05, 0) is 18.6 Å². The van der Waals surface area contributed by atoms with E-state index in [9.17, 15) is 23.1 Å². The van der Waals surface area contributed by atoms with E-state index in [1.165, 1.54) is 28.5 Å². The van der Waals surface area contributed by atoms with Crippen LogP contribution in [0, 0.1) is 0 Å². The van der Waals surface area contributed by atoms with Crippen molar-refractivity contribution in [2.45, 2.75) is 25.7 Å². The molecule has 2 aromatic heterocycles. The molecule has 0 aliphatic heterocycles. The highest BCUT2D eigenvalue weighted by atomic mass is 32.1. The summed E-state index contributed by atoms with van der Waals surface area (Å²) < 4.78 is 39.5. The average Bonchev–Trinajstić information content (AvgIpc) is 3.15. The summed E-state index contributed by atoms with van der Waals surface area (Å²) >= 11 is 1.18. The van der Waals surface area contributed by atoms with E-state index >= 15 is 0 Å². The lowest BCUT2D eigenvalue weighted by Gasteiger charge is -2.26. The number of hydrogen-bond acceptors (Lipinski definition) is 6. The first-order valence-electron chi connectivity index (χ1n) is 7.92. The van der Waals surface area contributed by atoms with Gasteiger partial charge in [-0.15, -0.1) is 11.3 Å². The first-order chi connectivity index (χ1) is 12.8. The summed E-state index contributed by atoms with van der Waals surface area (Å²) in [6.07, 6.45) is -2.53. The van der Waals surface area contributed by atoms with Gasteiger partial charge >= 0.3 is 6.18 Å². The number of carbonyl (C=O) groups is 1. The number of pyridine rings is 1. The van der Waals surface area contributed by atoms with Crippen LogP contribution in [-0.2, 0) is 6.18 Å². The lowest BCUT2D eigenvalue weighted by molar-refractivity contribution is -0.136. The first kappa shape index (κ1) is 19.1. The SMILES string of the molecule is CCC(N)N(C(=O)c1cnc2c(C(F)(F)F)cccc2c1O)c1nccs1. The highest BCUT2D eigenvalue weighted by Crippen LogP contribution is 2.38. The number of carbonyl (C=O) groups excluding carboxylic acids is 1. The molecule has 142 valence electrons. The van der Waals surface area contributed by atoms with E-state index in [0.717, 1.165) is 18.3 Å². The number of thiazole rings is 1. The van der Waals surface area contributed by atoms with E-state index in [4.69, 9.17) is 5.73 Å². The van der Waals surface area contributed by atoms with E-state index in [2.05, 4.69) is 9.97 Å². The van der Waals surface area contributed by atoms with Gasteiger partial charge in [0, 0.05) is 23.2 Å². The summed E-state index contributed by atoms with van der Waals surface area (Å²) in [6.45, 7) is 1.77. The third-order valence-corrected chi connectivity index (χ3v) is 4.77. The number of hydrogen-bond donors (Lipinski definition) is 2. The molecule has 2 heterocycles. The van der Waals surface area contributed by atoms with Crippen molar-refractivity contribution in [3.05, 3.63) is 47.1 Å². The van der Waals surface area contributed by atoms with Crippen LogP contribution in [0.5, 0.6) is 5.75 Å². The first-order valence-corrected chi connectivity index (χ1v) is 8.80. The van der Waals surface area contributed by atoms with Crippen molar-refractivity contribution in [1.82, 2.24) is 9.97 Å². The number of rotatable bonds is 4. The van der Waals surface area contributed by atoms with Gasteiger partial charge in [0.1, 0.15) is 11.3 Å². The van der Waals surface area contributed by atoms with Crippen LogP contribution in [0.4, 0.5) is 18.3 Å². The number of fused-ring (bicyclic) bond motifs is 1. The molecule has 10 heteroatoms. The minimum atomic E-state index is -4.64. The van der Waals surface area contributed by atoms with Crippen LogP contribution in [-0.4, -0.2) is 27.1 Å². The number of alkyl halides is 3. The fourth-order valence-electron chi connectivity index (χ4n) is 2.62. The normalized spacial score (nSPS) is 12.9. The van der Waals surface area contributed by atoms with Crippen LogP contribution in [0.1, 0.15) is 29.3 Å². The zero-order valence-corrected chi connectivity index (χ0v) is 14.9. The number of benzene rings is 1. The van der Waals surface area contributed by atoms with Crippen molar-refractivity contribution >= 4 is 33.3 Å². The molecule has 0 aliphatic rings. The largest absolute Gasteiger partial charge is 0.506 e. The number of nitrogens with zero attached hydrogens (tertiary/aromatic N) is 3. The second-order valence-corrected chi connectivity index (χ2v) is 6.56. The predicted octanol–water partition coefficient (Wildman–Crippen LogP) is 3.76. The molecule has 0 saturated carbocycles. The molecule has 0 saturated heterocycles. The van der Waals surface area contributed by atoms with E-state index in [0.29, 0.717) is 11.6 Å². The molecule has 6 nitrogen and oxygen atoms in total. The monoisotopic (exact) mass is 396 g/mol. The van der Waals surface area contributed by atoms with Gasteiger partial charge in [-0.1, -0.05) is 13.0 Å². The summed E-state index contributed by atoms with van der Waals surface area (Å²) in [7, 11) is 0. The number of halogens is 3. The number of aromatic hydroxyl groups is 1. The van der Waals surface area contributed by atoms with Crippen LogP contribution in [0.25, 0.3) is 10.9 Å². The smallest absolute Gasteiger partial charge is 0.418 e. The molecule has 1 unspecified atom stereocenters. The molecular formula is C17H15F3N4O2S. The predicted molar refractivity (Wildman–Crippen MR) is 95.6 cm³/mol. The molecular weight excluding hydrogens is 381 g/mol. The molecule has 3 aromatic rings. The number of anilines is 1. The van der Waals surface area contributed by atoms with Gasteiger partial charge in [0.2, 0.25) is 0 Å². The Kier molecular flexibility index (Phi) is 5.03. The molecule has 3 rings (SSSR count). The highest BCUT2D eigenvalue weighted by molar-refractivity contribution is 7.13. The fourth-order valence-corrected chi connectivity index (χ4v) is 3.32. The van der Waals surface area contributed by atoms with E-state index in [1.807, 2.05) is 0 Å². The Morgan fingerprint density at radius 3 is 2.70 bits per heavy atom. The van der Waals surface area contributed by atoms with Gasteiger partial charge in [-0.25, -0.2) is 4.98 Å². The summed E-state index contributed by atoms with van der Waals surface area (Å²) in [5.41, 5.74) is 4.34. The van der Waals surface area contributed by atoms with E-state index in [-0.39, 0.29) is 10.9 Å². The van der Waals surface area contributed by atoms with Crippen molar-refractivity contribution in [3.63, 3.8) is 0 Å². The number of aromatic nitrogens is 2. The topological polar surface area (TPSA) is 92.3 Å². The molecule has 0 bridgehead atoms. The van der Waals surface area contributed by atoms with Crippen molar-refractivity contribution in [3.8, 4) is 5.75 Å². The third-order valence-electron chi connectivity index (χ3n) is 4.00. The minimum Gasteiger partial charge on any atom is -0.506 e. The van der Waals surface area contributed by atoms with E-state index in [1.54, 1.807) is 12.3 Å². The van der Waals surface area contributed by atoms with Crippen molar-refractivity contribution in [1.29, 1.82) is 0 Å². The average molecular weight is 396 g/mol. The Labute approximate surface area is 156 Å². The van der Waals surface area contributed by atoms with Crippen molar-refractivity contribution < 1.29 is 23.1 Å². The lowest BCUT2D eigenvalue weighted by Crippen LogP contribution is -2.45. The molecule has 1 aromatic carbocycles. The van der Waals surface area contributed by atoms with Crippen LogP contribution < -0.4 is 10.6 Å². The Morgan fingerprint density at radius 1 is 1.37 bits per heavy atom. The van der Waals surface area contributed by atoms with Crippen LogP contribution in [0.3, 0.4) is 0 Å². The highest BCUT2D eigenvalue weighted by Gasteiger charge is 2.34. The Balaban J connectivity index is 2.14. The second-order valence-electron chi connectivity index (χ2n) is 5.69. The summed E-state index contributed by atoms with van der Waals surface area (Å²) in [6, 6.07) is 3.29. The van der Waals surface area contributed by atoms with Gasteiger partial charge < -0.3 is 10.8 Å². The van der Waals surface area contributed by atoms with Crippen LogP contribution in [0.15, 0.2) is 36.0 Å². The maximum atomic E-state index is 13.2.